The van der Waals surface area contributed by atoms with E-state index in [0.29, 0.717) is 36.8 Å². The van der Waals surface area contributed by atoms with Crippen molar-refractivity contribution in [3.63, 3.8) is 0 Å². The third kappa shape index (κ3) is 4.19. The number of amides is 1. The molecule has 0 radical (unpaired) electrons. The van der Waals surface area contributed by atoms with Gasteiger partial charge in [-0.05, 0) is 44.2 Å². The second-order valence-electron chi connectivity index (χ2n) is 6.96. The Bertz CT molecular complexity index is 319. The van der Waals surface area contributed by atoms with Crippen molar-refractivity contribution < 1.29 is 4.79 Å². The molecule has 2 fully saturated rings. The topological polar surface area (TPSA) is 49.6 Å². The van der Waals surface area contributed by atoms with Crippen LogP contribution in [-0.2, 0) is 4.79 Å². The minimum atomic E-state index is 0.325. The number of nitrogens with zero attached hydrogens (tertiary/aromatic N) is 2. The van der Waals surface area contributed by atoms with Crippen molar-refractivity contribution in [3.05, 3.63) is 0 Å². The van der Waals surface area contributed by atoms with Crippen molar-refractivity contribution in [2.45, 2.75) is 52.0 Å². The van der Waals surface area contributed by atoms with Gasteiger partial charge in [-0.15, -0.1) is 0 Å². The van der Waals surface area contributed by atoms with Gasteiger partial charge in [0.2, 0.25) is 5.91 Å². The Labute approximate surface area is 123 Å². The summed E-state index contributed by atoms with van der Waals surface area (Å²) in [6.45, 7) is 9.18. The van der Waals surface area contributed by atoms with E-state index in [1.54, 1.807) is 0 Å². The fourth-order valence-electron chi connectivity index (χ4n) is 3.69. The lowest BCUT2D eigenvalue weighted by atomic mass is 9.93. The van der Waals surface area contributed by atoms with Gasteiger partial charge < -0.3 is 10.6 Å². The summed E-state index contributed by atoms with van der Waals surface area (Å²) in [6.07, 6.45) is 5.61. The van der Waals surface area contributed by atoms with E-state index in [-0.39, 0.29) is 0 Å². The SMILES string of the molecule is CC(C)CC(CN)CC(=O)N1CCN2CCCCC2C1. The van der Waals surface area contributed by atoms with Gasteiger partial charge in [0, 0.05) is 32.1 Å². The number of rotatable bonds is 5. The van der Waals surface area contributed by atoms with Gasteiger partial charge in [0.1, 0.15) is 0 Å². The van der Waals surface area contributed by atoms with E-state index in [2.05, 4.69) is 23.6 Å². The summed E-state index contributed by atoms with van der Waals surface area (Å²) in [4.78, 5) is 17.1. The molecule has 2 aliphatic rings. The molecule has 116 valence electrons. The monoisotopic (exact) mass is 281 g/mol. The van der Waals surface area contributed by atoms with Crippen LogP contribution in [0.3, 0.4) is 0 Å². The highest BCUT2D eigenvalue weighted by atomic mass is 16.2. The molecule has 0 aromatic heterocycles. The summed E-state index contributed by atoms with van der Waals surface area (Å²) < 4.78 is 0. The second-order valence-corrected chi connectivity index (χ2v) is 6.96. The second kappa shape index (κ2) is 7.41. The number of carbonyl (C=O) groups is 1. The highest BCUT2D eigenvalue weighted by molar-refractivity contribution is 5.76. The first kappa shape index (κ1) is 15.8. The molecule has 2 atom stereocenters. The third-order valence-corrected chi connectivity index (χ3v) is 4.79. The summed E-state index contributed by atoms with van der Waals surface area (Å²) in [5, 5.41) is 0. The molecule has 2 aliphatic heterocycles. The maximum absolute atomic E-state index is 12.5. The van der Waals surface area contributed by atoms with Gasteiger partial charge in [0.05, 0.1) is 0 Å². The molecule has 2 unspecified atom stereocenters. The Morgan fingerprint density at radius 2 is 2.05 bits per heavy atom. The smallest absolute Gasteiger partial charge is 0.222 e. The number of hydrogen-bond acceptors (Lipinski definition) is 3. The van der Waals surface area contributed by atoms with Crippen LogP contribution in [0, 0.1) is 11.8 Å². The van der Waals surface area contributed by atoms with E-state index in [0.717, 1.165) is 26.1 Å². The molecule has 0 saturated carbocycles. The Morgan fingerprint density at radius 3 is 2.75 bits per heavy atom. The molecule has 2 rings (SSSR count). The van der Waals surface area contributed by atoms with Crippen molar-refractivity contribution >= 4 is 5.91 Å². The zero-order chi connectivity index (χ0) is 14.5. The Balaban J connectivity index is 1.83. The molecule has 4 nitrogen and oxygen atoms in total. The van der Waals surface area contributed by atoms with Crippen LogP contribution in [0.25, 0.3) is 0 Å². The number of nitrogens with two attached hydrogens (primary N) is 1. The molecule has 0 spiro atoms. The van der Waals surface area contributed by atoms with Gasteiger partial charge in [-0.1, -0.05) is 20.3 Å². The highest BCUT2D eigenvalue weighted by Crippen LogP contribution is 2.22. The van der Waals surface area contributed by atoms with Crippen molar-refractivity contribution in [1.82, 2.24) is 9.80 Å². The van der Waals surface area contributed by atoms with Crippen LogP contribution in [0.4, 0.5) is 0 Å². The number of fused-ring (bicyclic) bond motifs is 1. The molecular weight excluding hydrogens is 250 g/mol. The number of hydrogen-bond donors (Lipinski definition) is 1. The van der Waals surface area contributed by atoms with Crippen LogP contribution < -0.4 is 5.73 Å². The number of piperazine rings is 1. The average Bonchev–Trinajstić information content (AvgIpc) is 2.45. The Hall–Kier alpha value is -0.610. The Morgan fingerprint density at radius 1 is 1.25 bits per heavy atom. The van der Waals surface area contributed by atoms with Crippen molar-refractivity contribution in [2.24, 2.45) is 17.6 Å². The first-order chi connectivity index (χ1) is 9.60. The highest BCUT2D eigenvalue weighted by Gasteiger charge is 2.31. The van der Waals surface area contributed by atoms with Gasteiger partial charge in [-0.3, -0.25) is 9.69 Å². The van der Waals surface area contributed by atoms with E-state index in [9.17, 15) is 4.79 Å². The molecule has 20 heavy (non-hydrogen) atoms. The van der Waals surface area contributed by atoms with Crippen LogP contribution in [-0.4, -0.2) is 54.5 Å². The zero-order valence-corrected chi connectivity index (χ0v) is 13.2. The van der Waals surface area contributed by atoms with Gasteiger partial charge >= 0.3 is 0 Å². The van der Waals surface area contributed by atoms with Crippen LogP contribution in [0.15, 0.2) is 0 Å². The lowest BCUT2D eigenvalue weighted by Crippen LogP contribution is -2.56. The van der Waals surface area contributed by atoms with Crippen molar-refractivity contribution in [3.8, 4) is 0 Å². The number of carbonyl (C=O) groups excluding carboxylic acids is 1. The van der Waals surface area contributed by atoms with E-state index < -0.39 is 0 Å². The fraction of sp³-hybridized carbons (Fsp3) is 0.938. The van der Waals surface area contributed by atoms with Crippen molar-refractivity contribution in [2.75, 3.05) is 32.7 Å². The van der Waals surface area contributed by atoms with Crippen LogP contribution in [0.1, 0.15) is 46.0 Å². The molecule has 0 aromatic rings. The third-order valence-electron chi connectivity index (χ3n) is 4.79. The van der Waals surface area contributed by atoms with Crippen LogP contribution >= 0.6 is 0 Å². The van der Waals surface area contributed by atoms with E-state index in [1.807, 2.05) is 0 Å². The van der Waals surface area contributed by atoms with Crippen LogP contribution in [0.2, 0.25) is 0 Å². The summed E-state index contributed by atoms with van der Waals surface area (Å²) in [5.41, 5.74) is 5.83. The van der Waals surface area contributed by atoms with E-state index in [1.165, 1.54) is 25.8 Å². The summed E-state index contributed by atoms with van der Waals surface area (Å²) in [6, 6.07) is 0.614. The zero-order valence-electron chi connectivity index (χ0n) is 13.2. The minimum Gasteiger partial charge on any atom is -0.340 e. The molecule has 4 heteroatoms. The van der Waals surface area contributed by atoms with Gasteiger partial charge in [-0.2, -0.15) is 0 Å². The summed E-state index contributed by atoms with van der Waals surface area (Å²) in [5.74, 6) is 1.30. The molecule has 2 heterocycles. The summed E-state index contributed by atoms with van der Waals surface area (Å²) in [7, 11) is 0. The van der Waals surface area contributed by atoms with Crippen LogP contribution in [0.5, 0.6) is 0 Å². The normalized spacial score (nSPS) is 25.6. The standard InChI is InChI=1S/C16H31N3O/c1-13(2)9-14(11-17)10-16(20)19-8-7-18-6-4-3-5-15(18)12-19/h13-15H,3-12,17H2,1-2H3. The molecule has 0 bridgehead atoms. The Kier molecular flexibility index (Phi) is 5.85. The van der Waals surface area contributed by atoms with Gasteiger partial charge in [0.15, 0.2) is 0 Å². The quantitative estimate of drug-likeness (QED) is 0.834. The predicted molar refractivity (Wildman–Crippen MR) is 82.4 cm³/mol. The van der Waals surface area contributed by atoms with Gasteiger partial charge in [0.25, 0.3) is 0 Å². The van der Waals surface area contributed by atoms with E-state index in [4.69, 9.17) is 5.73 Å². The molecule has 0 aromatic carbocycles. The van der Waals surface area contributed by atoms with E-state index >= 15 is 0 Å². The summed E-state index contributed by atoms with van der Waals surface area (Å²) >= 11 is 0. The lowest BCUT2D eigenvalue weighted by molar-refractivity contribution is -0.135. The average molecular weight is 281 g/mol. The first-order valence-corrected chi connectivity index (χ1v) is 8.32. The minimum absolute atomic E-state index is 0.325. The molecule has 1 amide bonds. The largest absolute Gasteiger partial charge is 0.340 e. The predicted octanol–water partition coefficient (Wildman–Crippen LogP) is 1.69. The number of piperidine rings is 1. The maximum atomic E-state index is 12.5. The maximum Gasteiger partial charge on any atom is 0.222 e. The van der Waals surface area contributed by atoms with Gasteiger partial charge in [-0.25, -0.2) is 0 Å². The molecule has 2 saturated heterocycles. The first-order valence-electron chi connectivity index (χ1n) is 8.32. The van der Waals surface area contributed by atoms with Crippen molar-refractivity contribution in [1.29, 1.82) is 0 Å². The molecular formula is C16H31N3O. The molecule has 0 aliphatic carbocycles. The fourth-order valence-corrected chi connectivity index (χ4v) is 3.69. The molecule has 2 N–H and O–H groups in total. The lowest BCUT2D eigenvalue weighted by Gasteiger charge is -2.44.